The summed E-state index contributed by atoms with van der Waals surface area (Å²) in [5.41, 5.74) is 0. The van der Waals surface area contributed by atoms with E-state index in [1.807, 2.05) is 0 Å². The van der Waals surface area contributed by atoms with E-state index in [9.17, 15) is 0 Å². The van der Waals surface area contributed by atoms with Gasteiger partial charge in [0.2, 0.25) is 0 Å². The number of thiocarbonyl (C=S) groups is 1. The van der Waals surface area contributed by atoms with Crippen molar-refractivity contribution < 1.29 is 4.74 Å². The minimum absolute atomic E-state index is 0.321. The Morgan fingerprint density at radius 2 is 2.15 bits per heavy atom. The largest absolute Gasteiger partial charge is 0.383 e. The van der Waals surface area contributed by atoms with Crippen LogP contribution in [0.1, 0.15) is 26.7 Å². The molecule has 4 heteroatoms. The van der Waals surface area contributed by atoms with Gasteiger partial charge in [0.25, 0.3) is 0 Å². The van der Waals surface area contributed by atoms with Crippen molar-refractivity contribution in [1.29, 1.82) is 0 Å². The van der Waals surface area contributed by atoms with Crippen molar-refractivity contribution in [3.05, 3.63) is 0 Å². The molecule has 0 aromatic rings. The van der Waals surface area contributed by atoms with Crippen molar-refractivity contribution in [1.82, 2.24) is 10.6 Å². The molecule has 0 spiro atoms. The van der Waals surface area contributed by atoms with Crippen LogP contribution in [0.3, 0.4) is 0 Å². The Morgan fingerprint density at radius 1 is 1.46 bits per heavy atom. The van der Waals surface area contributed by atoms with Crippen LogP contribution in [0.2, 0.25) is 0 Å². The van der Waals surface area contributed by atoms with Gasteiger partial charge in [-0.15, -0.1) is 0 Å². The quantitative estimate of drug-likeness (QED) is 0.639. The topological polar surface area (TPSA) is 33.3 Å². The number of hydrogen-bond donors (Lipinski definition) is 2. The summed E-state index contributed by atoms with van der Waals surface area (Å²) >= 11 is 5.10. The molecule has 0 saturated carbocycles. The number of hydrogen-bond acceptors (Lipinski definition) is 2. The molecule has 0 aliphatic carbocycles. The Bertz CT molecular complexity index is 142. The van der Waals surface area contributed by atoms with Crippen molar-refractivity contribution in [3.63, 3.8) is 0 Å². The van der Waals surface area contributed by atoms with Crippen LogP contribution in [-0.4, -0.2) is 31.4 Å². The Labute approximate surface area is 86.2 Å². The summed E-state index contributed by atoms with van der Waals surface area (Å²) in [7, 11) is 1.70. The summed E-state index contributed by atoms with van der Waals surface area (Å²) in [5, 5.41) is 7.05. The molecule has 2 N–H and O–H groups in total. The van der Waals surface area contributed by atoms with Gasteiger partial charge in [-0.1, -0.05) is 13.8 Å². The average molecular weight is 204 g/mol. The molecule has 0 heterocycles. The molecule has 0 saturated heterocycles. The Hall–Kier alpha value is -0.350. The number of ether oxygens (including phenoxy) is 1. The van der Waals surface area contributed by atoms with Crippen molar-refractivity contribution in [2.75, 3.05) is 20.3 Å². The fourth-order valence-electron chi connectivity index (χ4n) is 0.938. The predicted molar refractivity (Wildman–Crippen MR) is 60.0 cm³/mol. The second-order valence-electron chi connectivity index (χ2n) is 2.96. The first kappa shape index (κ1) is 12.7. The Kier molecular flexibility index (Phi) is 8.04. The lowest BCUT2D eigenvalue weighted by Crippen LogP contribution is -2.43. The molecule has 1 unspecified atom stereocenters. The van der Waals surface area contributed by atoms with Crippen LogP contribution in [0.4, 0.5) is 0 Å². The van der Waals surface area contributed by atoms with E-state index in [-0.39, 0.29) is 0 Å². The van der Waals surface area contributed by atoms with Gasteiger partial charge in [0.15, 0.2) is 5.11 Å². The molecule has 0 aromatic heterocycles. The lowest BCUT2D eigenvalue weighted by molar-refractivity contribution is 0.172. The second kappa shape index (κ2) is 8.26. The maximum Gasteiger partial charge on any atom is 0.166 e. The van der Waals surface area contributed by atoms with Crippen LogP contribution >= 0.6 is 12.2 Å². The highest BCUT2D eigenvalue weighted by atomic mass is 32.1. The molecule has 0 radical (unpaired) electrons. The number of nitrogens with one attached hydrogen (secondary N) is 2. The SMILES string of the molecule is CCCNC(=S)NC(CC)COC. The molecule has 0 aliphatic heterocycles. The van der Waals surface area contributed by atoms with Gasteiger partial charge in [-0.3, -0.25) is 0 Å². The van der Waals surface area contributed by atoms with Gasteiger partial charge in [-0.25, -0.2) is 0 Å². The van der Waals surface area contributed by atoms with Gasteiger partial charge in [0.1, 0.15) is 0 Å². The molecular weight excluding hydrogens is 184 g/mol. The maximum atomic E-state index is 5.10. The Balaban J connectivity index is 3.60. The smallest absolute Gasteiger partial charge is 0.166 e. The van der Waals surface area contributed by atoms with Crippen LogP contribution in [0.5, 0.6) is 0 Å². The zero-order valence-electron chi connectivity index (χ0n) is 8.72. The van der Waals surface area contributed by atoms with Crippen LogP contribution in [-0.2, 0) is 4.74 Å². The molecule has 0 aromatic carbocycles. The standard InChI is InChI=1S/C9H20N2OS/c1-4-6-10-9(13)11-8(5-2)7-12-3/h8H,4-7H2,1-3H3,(H2,10,11,13). The summed E-state index contributed by atoms with van der Waals surface area (Å²) in [5.74, 6) is 0. The summed E-state index contributed by atoms with van der Waals surface area (Å²) in [6.07, 6.45) is 2.10. The van der Waals surface area contributed by atoms with Gasteiger partial charge < -0.3 is 15.4 Å². The normalized spacial score (nSPS) is 12.2. The third-order valence-corrected chi connectivity index (χ3v) is 1.99. The highest BCUT2D eigenvalue weighted by Gasteiger charge is 2.05. The third-order valence-electron chi connectivity index (χ3n) is 1.73. The summed E-state index contributed by atoms with van der Waals surface area (Å²) in [6, 6.07) is 0.321. The van der Waals surface area contributed by atoms with Gasteiger partial charge in [-0.05, 0) is 25.1 Å². The molecule has 0 amide bonds. The molecule has 13 heavy (non-hydrogen) atoms. The van der Waals surface area contributed by atoms with Crippen molar-refractivity contribution >= 4 is 17.3 Å². The lowest BCUT2D eigenvalue weighted by atomic mass is 10.2. The Morgan fingerprint density at radius 3 is 2.62 bits per heavy atom. The first-order valence-electron chi connectivity index (χ1n) is 4.77. The monoisotopic (exact) mass is 204 g/mol. The molecule has 3 nitrogen and oxygen atoms in total. The van der Waals surface area contributed by atoms with Gasteiger partial charge >= 0.3 is 0 Å². The molecule has 0 rings (SSSR count). The van der Waals surface area contributed by atoms with E-state index in [1.54, 1.807) is 7.11 Å². The summed E-state index contributed by atoms with van der Waals surface area (Å²) in [4.78, 5) is 0. The van der Waals surface area contributed by atoms with Crippen LogP contribution in [0.15, 0.2) is 0 Å². The molecule has 0 fully saturated rings. The first-order valence-corrected chi connectivity index (χ1v) is 5.18. The summed E-state index contributed by atoms with van der Waals surface area (Å²) < 4.78 is 5.05. The maximum absolute atomic E-state index is 5.10. The predicted octanol–water partition coefficient (Wildman–Crippen LogP) is 1.29. The molecule has 1 atom stereocenters. The number of methoxy groups -OCH3 is 1. The third kappa shape index (κ3) is 6.78. The van der Waals surface area contributed by atoms with E-state index in [1.165, 1.54) is 0 Å². The average Bonchev–Trinajstić information content (AvgIpc) is 2.14. The van der Waals surface area contributed by atoms with E-state index in [0.29, 0.717) is 12.6 Å². The highest BCUT2D eigenvalue weighted by Crippen LogP contribution is 1.90. The molecular formula is C9H20N2OS. The van der Waals surface area contributed by atoms with Gasteiger partial charge in [0, 0.05) is 13.7 Å². The van der Waals surface area contributed by atoms with E-state index >= 15 is 0 Å². The highest BCUT2D eigenvalue weighted by molar-refractivity contribution is 7.80. The van der Waals surface area contributed by atoms with Crippen molar-refractivity contribution in [3.8, 4) is 0 Å². The van der Waals surface area contributed by atoms with Crippen LogP contribution < -0.4 is 10.6 Å². The minimum Gasteiger partial charge on any atom is -0.383 e. The van der Waals surface area contributed by atoms with Crippen LogP contribution in [0.25, 0.3) is 0 Å². The van der Waals surface area contributed by atoms with Gasteiger partial charge in [0.05, 0.1) is 12.6 Å². The number of rotatable bonds is 6. The first-order chi connectivity index (χ1) is 6.24. The fraction of sp³-hybridized carbons (Fsp3) is 0.889. The van der Waals surface area contributed by atoms with E-state index in [2.05, 4.69) is 24.5 Å². The van der Waals surface area contributed by atoms with Crippen molar-refractivity contribution in [2.24, 2.45) is 0 Å². The van der Waals surface area contributed by atoms with E-state index < -0.39 is 0 Å². The van der Waals surface area contributed by atoms with E-state index in [0.717, 1.165) is 24.5 Å². The summed E-state index contributed by atoms with van der Waals surface area (Å²) in [6.45, 7) is 5.85. The van der Waals surface area contributed by atoms with E-state index in [4.69, 9.17) is 17.0 Å². The zero-order valence-corrected chi connectivity index (χ0v) is 9.54. The minimum atomic E-state index is 0.321. The zero-order chi connectivity index (χ0) is 10.1. The lowest BCUT2D eigenvalue weighted by Gasteiger charge is -2.18. The molecule has 0 aliphatic rings. The second-order valence-corrected chi connectivity index (χ2v) is 3.37. The molecule has 78 valence electrons. The fourth-order valence-corrected chi connectivity index (χ4v) is 1.21. The molecule has 0 bridgehead atoms. The van der Waals surface area contributed by atoms with Crippen LogP contribution in [0, 0.1) is 0 Å². The van der Waals surface area contributed by atoms with Gasteiger partial charge in [-0.2, -0.15) is 0 Å². The van der Waals surface area contributed by atoms with Crippen molar-refractivity contribution in [2.45, 2.75) is 32.7 Å².